The van der Waals surface area contributed by atoms with Gasteiger partial charge in [-0.25, -0.2) is 14.8 Å². The van der Waals surface area contributed by atoms with E-state index < -0.39 is 12.1 Å². The summed E-state index contributed by atoms with van der Waals surface area (Å²) in [6.07, 6.45) is 5.35. The fourth-order valence-electron chi connectivity index (χ4n) is 3.67. The largest absolute Gasteiger partial charge is 0.490 e. The van der Waals surface area contributed by atoms with Gasteiger partial charge >= 0.3 is 12.1 Å². The summed E-state index contributed by atoms with van der Waals surface area (Å²) in [6, 6.07) is 2.00. The molecule has 198 valence electrons. The lowest BCUT2D eigenvalue weighted by Crippen LogP contribution is -2.37. The van der Waals surface area contributed by atoms with Gasteiger partial charge in [0.1, 0.15) is 5.69 Å². The predicted octanol–water partition coefficient (Wildman–Crippen LogP) is 3.70. The second kappa shape index (κ2) is 12.2. The van der Waals surface area contributed by atoms with E-state index in [9.17, 15) is 18.0 Å². The molecule has 0 aromatic carbocycles. The van der Waals surface area contributed by atoms with Crippen LogP contribution in [-0.4, -0.2) is 82.5 Å². The molecular formula is C24H32F3N5O4. The number of carboxylic acid groups (broad SMARTS) is 1. The molecule has 1 saturated heterocycles. The summed E-state index contributed by atoms with van der Waals surface area (Å²) < 4.78 is 39.3. The molecule has 0 unspecified atom stereocenters. The minimum atomic E-state index is -5.08. The molecule has 2 aliphatic rings. The van der Waals surface area contributed by atoms with Crippen LogP contribution in [0.15, 0.2) is 24.7 Å². The van der Waals surface area contributed by atoms with Gasteiger partial charge in [-0.3, -0.25) is 4.79 Å². The first-order valence-electron chi connectivity index (χ1n) is 12.0. The average Bonchev–Trinajstić information content (AvgIpc) is 3.59. The summed E-state index contributed by atoms with van der Waals surface area (Å²) in [7, 11) is 1.90. The second-order valence-corrected chi connectivity index (χ2v) is 8.96. The van der Waals surface area contributed by atoms with Crippen molar-refractivity contribution in [2.75, 3.05) is 44.8 Å². The number of halogens is 3. The van der Waals surface area contributed by atoms with E-state index in [1.54, 1.807) is 0 Å². The standard InChI is InChI=1S/C22H31N5O2.C2HF3O2/c1-3-4-7-25(2)21(28)20-12-18(16-27(20)15-17-5-6-17)19-13-23-22(24-14-19)26-8-10-29-11-9-26;3-2(4,5)1(6)7/h12-14,16-17H,3-11,15H2,1-2H3;(H,6,7). The van der Waals surface area contributed by atoms with Crippen LogP contribution in [0, 0.1) is 5.92 Å². The first kappa shape index (κ1) is 27.4. The summed E-state index contributed by atoms with van der Waals surface area (Å²) in [4.78, 5) is 35.0. The average molecular weight is 512 g/mol. The quantitative estimate of drug-likeness (QED) is 0.577. The number of unbranched alkanes of at least 4 members (excludes halogenated alkanes) is 1. The van der Waals surface area contributed by atoms with Crippen LogP contribution in [-0.2, 0) is 16.1 Å². The molecular weight excluding hydrogens is 479 g/mol. The molecule has 12 heteroatoms. The fourth-order valence-corrected chi connectivity index (χ4v) is 3.67. The van der Waals surface area contributed by atoms with Crippen LogP contribution >= 0.6 is 0 Å². The number of ether oxygens (including phenoxy) is 1. The zero-order valence-electron chi connectivity index (χ0n) is 20.5. The third-order valence-corrected chi connectivity index (χ3v) is 5.97. The number of carbonyl (C=O) groups is 2. The number of alkyl halides is 3. The summed E-state index contributed by atoms with van der Waals surface area (Å²) in [5.41, 5.74) is 2.72. The number of hydrogen-bond acceptors (Lipinski definition) is 6. The third-order valence-electron chi connectivity index (χ3n) is 5.97. The number of amides is 1. The van der Waals surface area contributed by atoms with Crippen molar-refractivity contribution in [3.8, 4) is 11.1 Å². The Morgan fingerprint density at radius 2 is 1.78 bits per heavy atom. The number of carbonyl (C=O) groups excluding carboxylic acids is 1. The van der Waals surface area contributed by atoms with E-state index in [4.69, 9.17) is 14.6 Å². The number of aromatic nitrogens is 3. The summed E-state index contributed by atoms with van der Waals surface area (Å²) in [5.74, 6) is -1.23. The third kappa shape index (κ3) is 7.67. The summed E-state index contributed by atoms with van der Waals surface area (Å²) >= 11 is 0. The molecule has 1 aliphatic carbocycles. The number of anilines is 1. The van der Waals surface area contributed by atoms with Crippen molar-refractivity contribution in [3.63, 3.8) is 0 Å². The zero-order valence-corrected chi connectivity index (χ0v) is 20.5. The highest BCUT2D eigenvalue weighted by Gasteiger charge is 2.38. The Labute approximate surface area is 207 Å². The van der Waals surface area contributed by atoms with Gasteiger partial charge in [-0.15, -0.1) is 0 Å². The monoisotopic (exact) mass is 511 g/mol. The summed E-state index contributed by atoms with van der Waals surface area (Å²) in [6.45, 7) is 6.91. The van der Waals surface area contributed by atoms with Gasteiger partial charge in [0, 0.05) is 62.9 Å². The molecule has 0 radical (unpaired) electrons. The van der Waals surface area contributed by atoms with E-state index in [-0.39, 0.29) is 5.91 Å². The van der Waals surface area contributed by atoms with Crippen LogP contribution in [0.2, 0.25) is 0 Å². The van der Waals surface area contributed by atoms with Crippen molar-refractivity contribution in [3.05, 3.63) is 30.4 Å². The Kier molecular flexibility index (Phi) is 9.30. The predicted molar refractivity (Wildman–Crippen MR) is 127 cm³/mol. The molecule has 3 heterocycles. The van der Waals surface area contributed by atoms with E-state index in [0.717, 1.165) is 61.8 Å². The highest BCUT2D eigenvalue weighted by Crippen LogP contribution is 2.33. The molecule has 1 N–H and O–H groups in total. The van der Waals surface area contributed by atoms with E-state index in [2.05, 4.69) is 32.6 Å². The zero-order chi connectivity index (χ0) is 26.3. The van der Waals surface area contributed by atoms with Gasteiger partial charge in [-0.2, -0.15) is 13.2 Å². The van der Waals surface area contributed by atoms with Crippen LogP contribution in [0.4, 0.5) is 19.1 Å². The SMILES string of the molecule is CCCCN(C)C(=O)c1cc(-c2cnc(N3CCOCC3)nc2)cn1CC1CC1.O=C(O)C(F)(F)F. The van der Waals surface area contributed by atoms with Gasteiger partial charge in [0.15, 0.2) is 0 Å². The maximum atomic E-state index is 13.0. The maximum Gasteiger partial charge on any atom is 0.490 e. The summed E-state index contributed by atoms with van der Waals surface area (Å²) in [5, 5.41) is 7.12. The molecule has 2 aromatic heterocycles. The van der Waals surface area contributed by atoms with Gasteiger partial charge in [0.25, 0.3) is 5.91 Å². The molecule has 2 fully saturated rings. The van der Waals surface area contributed by atoms with Gasteiger partial charge < -0.3 is 24.2 Å². The van der Waals surface area contributed by atoms with Crippen LogP contribution in [0.5, 0.6) is 0 Å². The smallest absolute Gasteiger partial charge is 0.475 e. The molecule has 0 bridgehead atoms. The highest BCUT2D eigenvalue weighted by molar-refractivity contribution is 5.94. The van der Waals surface area contributed by atoms with Crippen LogP contribution in [0.1, 0.15) is 43.1 Å². The second-order valence-electron chi connectivity index (χ2n) is 8.96. The van der Waals surface area contributed by atoms with Gasteiger partial charge in [0.05, 0.1) is 13.2 Å². The number of morpholine rings is 1. The molecule has 0 spiro atoms. The lowest BCUT2D eigenvalue weighted by Gasteiger charge is -2.26. The topological polar surface area (TPSA) is 101 Å². The van der Waals surface area contributed by atoms with Gasteiger partial charge in [0.2, 0.25) is 5.95 Å². The lowest BCUT2D eigenvalue weighted by atomic mass is 10.2. The molecule has 2 aromatic rings. The van der Waals surface area contributed by atoms with Crippen molar-refractivity contribution in [1.82, 2.24) is 19.4 Å². The molecule has 1 saturated carbocycles. The van der Waals surface area contributed by atoms with E-state index in [1.165, 1.54) is 12.8 Å². The van der Waals surface area contributed by atoms with Crippen molar-refractivity contribution in [1.29, 1.82) is 0 Å². The minimum absolute atomic E-state index is 0.0937. The number of aliphatic carboxylic acids is 1. The maximum absolute atomic E-state index is 13.0. The van der Waals surface area contributed by atoms with Crippen molar-refractivity contribution in [2.45, 2.75) is 45.3 Å². The Morgan fingerprint density at radius 3 is 2.31 bits per heavy atom. The number of rotatable bonds is 8. The van der Waals surface area contributed by atoms with E-state index in [1.807, 2.05) is 30.4 Å². The van der Waals surface area contributed by atoms with Gasteiger partial charge in [-0.1, -0.05) is 13.3 Å². The molecule has 9 nitrogen and oxygen atoms in total. The molecule has 4 rings (SSSR count). The highest BCUT2D eigenvalue weighted by atomic mass is 19.4. The van der Waals surface area contributed by atoms with Crippen molar-refractivity contribution >= 4 is 17.8 Å². The van der Waals surface area contributed by atoms with E-state index in [0.29, 0.717) is 19.1 Å². The fraction of sp³-hybridized carbons (Fsp3) is 0.583. The molecule has 36 heavy (non-hydrogen) atoms. The number of carboxylic acids is 1. The molecule has 1 amide bonds. The first-order chi connectivity index (χ1) is 17.1. The van der Waals surface area contributed by atoms with Crippen LogP contribution in [0.3, 0.4) is 0 Å². The molecule has 1 aliphatic heterocycles. The Bertz CT molecular complexity index is 1020. The van der Waals surface area contributed by atoms with Gasteiger partial charge in [-0.05, 0) is 31.2 Å². The van der Waals surface area contributed by atoms with Crippen LogP contribution < -0.4 is 4.90 Å². The van der Waals surface area contributed by atoms with Crippen molar-refractivity contribution < 1.29 is 32.6 Å². The molecule has 0 atom stereocenters. The Balaban J connectivity index is 0.000000454. The normalized spacial score (nSPS) is 15.8. The Morgan fingerprint density at radius 1 is 1.17 bits per heavy atom. The van der Waals surface area contributed by atoms with Crippen LogP contribution in [0.25, 0.3) is 11.1 Å². The lowest BCUT2D eigenvalue weighted by molar-refractivity contribution is -0.192. The number of nitrogens with zero attached hydrogens (tertiary/aromatic N) is 5. The minimum Gasteiger partial charge on any atom is -0.475 e. The first-order valence-corrected chi connectivity index (χ1v) is 12.0. The Hall–Kier alpha value is -3.15. The number of hydrogen-bond donors (Lipinski definition) is 1. The van der Waals surface area contributed by atoms with E-state index >= 15 is 0 Å². The van der Waals surface area contributed by atoms with Crippen molar-refractivity contribution in [2.24, 2.45) is 5.92 Å².